The molecule has 0 spiro atoms. The van der Waals surface area contributed by atoms with Gasteiger partial charge in [0.1, 0.15) is 5.78 Å². The first-order valence-electron chi connectivity index (χ1n) is 5.01. The zero-order valence-electron chi connectivity index (χ0n) is 7.88. The van der Waals surface area contributed by atoms with Crippen molar-refractivity contribution in [2.75, 3.05) is 0 Å². The van der Waals surface area contributed by atoms with Gasteiger partial charge in [-0.15, -0.1) is 0 Å². The molecule has 0 aliphatic heterocycles. The van der Waals surface area contributed by atoms with E-state index in [1.807, 2.05) is 0 Å². The van der Waals surface area contributed by atoms with E-state index in [2.05, 4.69) is 19.1 Å². The van der Waals surface area contributed by atoms with Crippen molar-refractivity contribution in [2.24, 2.45) is 5.92 Å². The van der Waals surface area contributed by atoms with E-state index < -0.39 is 0 Å². The molecule has 0 aromatic carbocycles. The molecule has 0 amide bonds. The Labute approximate surface area is 74.9 Å². The summed E-state index contributed by atoms with van der Waals surface area (Å²) in [5.41, 5.74) is 0. The van der Waals surface area contributed by atoms with Crippen molar-refractivity contribution < 1.29 is 4.79 Å². The van der Waals surface area contributed by atoms with Crippen molar-refractivity contribution in [1.29, 1.82) is 0 Å². The summed E-state index contributed by atoms with van der Waals surface area (Å²) in [5.74, 6) is 0.992. The molecule has 0 heterocycles. The maximum atomic E-state index is 11.3. The number of ketones is 1. The van der Waals surface area contributed by atoms with Crippen LogP contribution < -0.4 is 0 Å². The van der Waals surface area contributed by atoms with E-state index in [1.165, 1.54) is 19.3 Å². The fourth-order valence-electron chi connectivity index (χ4n) is 1.73. The van der Waals surface area contributed by atoms with Crippen LogP contribution in [0.5, 0.6) is 0 Å². The number of rotatable bonds is 4. The Morgan fingerprint density at radius 2 is 2.42 bits per heavy atom. The van der Waals surface area contributed by atoms with Crippen molar-refractivity contribution in [1.82, 2.24) is 0 Å². The van der Waals surface area contributed by atoms with Crippen LogP contribution in [0.15, 0.2) is 12.2 Å². The lowest BCUT2D eigenvalue weighted by molar-refractivity contribution is -0.119. The molecule has 1 unspecified atom stereocenters. The highest BCUT2D eigenvalue weighted by atomic mass is 16.1. The second-order valence-electron chi connectivity index (χ2n) is 3.61. The first kappa shape index (κ1) is 9.50. The van der Waals surface area contributed by atoms with Gasteiger partial charge in [0.25, 0.3) is 0 Å². The van der Waals surface area contributed by atoms with Crippen LogP contribution in [0.2, 0.25) is 0 Å². The van der Waals surface area contributed by atoms with Crippen LogP contribution in [0.4, 0.5) is 0 Å². The molecule has 0 aromatic heterocycles. The Balaban J connectivity index is 2.25. The van der Waals surface area contributed by atoms with Gasteiger partial charge >= 0.3 is 0 Å². The number of hydrogen-bond acceptors (Lipinski definition) is 1. The molecule has 1 aliphatic rings. The minimum Gasteiger partial charge on any atom is -0.300 e. The SMILES string of the molecule is CCCC(=O)CC1C=CCCC1. The van der Waals surface area contributed by atoms with E-state index >= 15 is 0 Å². The highest BCUT2D eigenvalue weighted by molar-refractivity contribution is 5.78. The van der Waals surface area contributed by atoms with Crippen molar-refractivity contribution in [3.05, 3.63) is 12.2 Å². The van der Waals surface area contributed by atoms with Gasteiger partial charge in [-0.25, -0.2) is 0 Å². The van der Waals surface area contributed by atoms with Gasteiger partial charge in [0.15, 0.2) is 0 Å². The standard InChI is InChI=1S/C11H18O/c1-2-6-11(12)9-10-7-4-3-5-8-10/h4,7,10H,2-3,5-6,8-9H2,1H3. The van der Waals surface area contributed by atoms with E-state index in [0.29, 0.717) is 11.7 Å². The van der Waals surface area contributed by atoms with Crippen LogP contribution in [0.3, 0.4) is 0 Å². The van der Waals surface area contributed by atoms with Gasteiger partial charge in [-0.2, -0.15) is 0 Å². The second kappa shape index (κ2) is 5.13. The average molecular weight is 166 g/mol. The Morgan fingerprint density at radius 3 is 3.00 bits per heavy atom. The zero-order valence-corrected chi connectivity index (χ0v) is 7.88. The quantitative estimate of drug-likeness (QED) is 0.586. The maximum Gasteiger partial charge on any atom is 0.133 e. The lowest BCUT2D eigenvalue weighted by atomic mass is 9.90. The largest absolute Gasteiger partial charge is 0.300 e. The number of Topliss-reactive ketones (excluding diaryl/α,β-unsaturated/α-hetero) is 1. The van der Waals surface area contributed by atoms with Crippen molar-refractivity contribution in [3.8, 4) is 0 Å². The summed E-state index contributed by atoms with van der Waals surface area (Å²) in [6.45, 7) is 2.06. The fraction of sp³-hybridized carbons (Fsp3) is 0.727. The monoisotopic (exact) mass is 166 g/mol. The van der Waals surface area contributed by atoms with E-state index in [-0.39, 0.29) is 0 Å². The summed E-state index contributed by atoms with van der Waals surface area (Å²) in [7, 11) is 0. The first-order chi connectivity index (χ1) is 5.83. The molecule has 1 rings (SSSR count). The van der Waals surface area contributed by atoms with E-state index in [1.54, 1.807) is 0 Å². The molecule has 68 valence electrons. The molecule has 12 heavy (non-hydrogen) atoms. The van der Waals surface area contributed by atoms with Crippen molar-refractivity contribution in [2.45, 2.75) is 45.4 Å². The number of carbonyl (C=O) groups excluding carboxylic acids is 1. The van der Waals surface area contributed by atoms with Crippen LogP contribution >= 0.6 is 0 Å². The Hall–Kier alpha value is -0.590. The van der Waals surface area contributed by atoms with Crippen LogP contribution in [0.1, 0.15) is 45.4 Å². The summed E-state index contributed by atoms with van der Waals surface area (Å²) in [4.78, 5) is 11.3. The molecule has 0 N–H and O–H groups in total. The summed E-state index contributed by atoms with van der Waals surface area (Å²) in [6, 6.07) is 0. The molecular formula is C11H18O. The zero-order chi connectivity index (χ0) is 8.81. The normalized spacial score (nSPS) is 22.6. The summed E-state index contributed by atoms with van der Waals surface area (Å²) in [6.07, 6.45) is 10.7. The van der Waals surface area contributed by atoms with Gasteiger partial charge in [-0.1, -0.05) is 19.1 Å². The molecule has 0 saturated heterocycles. The molecule has 0 radical (unpaired) electrons. The number of allylic oxidation sites excluding steroid dienone is 2. The smallest absolute Gasteiger partial charge is 0.133 e. The third kappa shape index (κ3) is 3.21. The molecule has 0 aromatic rings. The Kier molecular flexibility index (Phi) is 4.06. The van der Waals surface area contributed by atoms with Crippen molar-refractivity contribution in [3.63, 3.8) is 0 Å². The molecule has 0 fully saturated rings. The van der Waals surface area contributed by atoms with Crippen molar-refractivity contribution >= 4 is 5.78 Å². The van der Waals surface area contributed by atoms with E-state index in [0.717, 1.165) is 19.3 Å². The predicted molar refractivity (Wildman–Crippen MR) is 51.0 cm³/mol. The Bertz CT molecular complexity index is 170. The molecular weight excluding hydrogens is 148 g/mol. The predicted octanol–water partition coefficient (Wildman–Crippen LogP) is 3.10. The number of hydrogen-bond donors (Lipinski definition) is 0. The molecule has 1 aliphatic carbocycles. The summed E-state index contributed by atoms with van der Waals surface area (Å²) < 4.78 is 0. The summed E-state index contributed by atoms with van der Waals surface area (Å²) >= 11 is 0. The summed E-state index contributed by atoms with van der Waals surface area (Å²) in [5, 5.41) is 0. The molecule has 1 heteroatoms. The third-order valence-corrected chi connectivity index (χ3v) is 2.37. The molecule has 1 atom stereocenters. The van der Waals surface area contributed by atoms with Crippen LogP contribution in [0, 0.1) is 5.92 Å². The minimum absolute atomic E-state index is 0.439. The Morgan fingerprint density at radius 1 is 1.58 bits per heavy atom. The molecule has 0 saturated carbocycles. The van der Waals surface area contributed by atoms with Gasteiger partial charge in [0.2, 0.25) is 0 Å². The van der Waals surface area contributed by atoms with Gasteiger partial charge in [0, 0.05) is 12.8 Å². The third-order valence-electron chi connectivity index (χ3n) is 2.37. The van der Waals surface area contributed by atoms with Crippen LogP contribution in [-0.4, -0.2) is 5.78 Å². The van der Waals surface area contributed by atoms with Gasteiger partial charge in [0.05, 0.1) is 0 Å². The number of carbonyl (C=O) groups is 1. The van der Waals surface area contributed by atoms with Gasteiger partial charge in [-0.3, -0.25) is 4.79 Å². The lowest BCUT2D eigenvalue weighted by Gasteiger charge is -2.14. The maximum absolute atomic E-state index is 11.3. The minimum atomic E-state index is 0.439. The van der Waals surface area contributed by atoms with E-state index in [4.69, 9.17) is 0 Å². The highest BCUT2D eigenvalue weighted by Gasteiger charge is 2.11. The second-order valence-corrected chi connectivity index (χ2v) is 3.61. The first-order valence-corrected chi connectivity index (χ1v) is 5.01. The highest BCUT2D eigenvalue weighted by Crippen LogP contribution is 2.20. The molecule has 0 bridgehead atoms. The topological polar surface area (TPSA) is 17.1 Å². The van der Waals surface area contributed by atoms with Crippen LogP contribution in [0.25, 0.3) is 0 Å². The molecule has 1 nitrogen and oxygen atoms in total. The van der Waals surface area contributed by atoms with Crippen LogP contribution in [-0.2, 0) is 4.79 Å². The lowest BCUT2D eigenvalue weighted by Crippen LogP contribution is -2.08. The van der Waals surface area contributed by atoms with E-state index in [9.17, 15) is 4.79 Å². The average Bonchev–Trinajstić information content (AvgIpc) is 2.06. The van der Waals surface area contributed by atoms with Gasteiger partial charge < -0.3 is 0 Å². The fourth-order valence-corrected chi connectivity index (χ4v) is 1.73. The van der Waals surface area contributed by atoms with Gasteiger partial charge in [-0.05, 0) is 31.6 Å².